The van der Waals surface area contributed by atoms with Crippen LogP contribution in [0.15, 0.2) is 77.7 Å². The summed E-state index contributed by atoms with van der Waals surface area (Å²) in [6.45, 7) is 0.644. The SMILES string of the molecule is O=c1cc(Oc2ccccc2)ccn1CCc1ccc(CO)cc1. The van der Waals surface area contributed by atoms with Gasteiger partial charge in [0.15, 0.2) is 0 Å². The van der Waals surface area contributed by atoms with Crippen LogP contribution < -0.4 is 10.3 Å². The topological polar surface area (TPSA) is 51.5 Å². The second-order valence-electron chi connectivity index (χ2n) is 5.53. The summed E-state index contributed by atoms with van der Waals surface area (Å²) in [5.41, 5.74) is 1.93. The Bertz CT molecular complexity index is 839. The fourth-order valence-corrected chi connectivity index (χ4v) is 2.42. The molecule has 0 fully saturated rings. The number of aliphatic hydroxyl groups excluding tert-OH is 1. The van der Waals surface area contributed by atoms with E-state index in [1.165, 1.54) is 6.07 Å². The van der Waals surface area contributed by atoms with E-state index in [1.54, 1.807) is 16.8 Å². The summed E-state index contributed by atoms with van der Waals surface area (Å²) in [5, 5.41) is 9.05. The van der Waals surface area contributed by atoms with Gasteiger partial charge in [-0.05, 0) is 35.7 Å². The van der Waals surface area contributed by atoms with E-state index in [-0.39, 0.29) is 12.2 Å². The lowest BCUT2D eigenvalue weighted by molar-refractivity contribution is 0.282. The Kier molecular flexibility index (Phi) is 5.08. The minimum Gasteiger partial charge on any atom is -0.457 e. The maximum atomic E-state index is 12.2. The average Bonchev–Trinajstić information content (AvgIpc) is 2.62. The number of para-hydroxylation sites is 1. The molecule has 3 aromatic rings. The summed E-state index contributed by atoms with van der Waals surface area (Å²) in [5.74, 6) is 1.24. The van der Waals surface area contributed by atoms with Crippen LogP contribution in [0.1, 0.15) is 11.1 Å². The predicted octanol–water partition coefficient (Wildman–Crippen LogP) is 3.38. The Hall–Kier alpha value is -2.85. The predicted molar refractivity (Wildman–Crippen MR) is 93.3 cm³/mol. The molecular formula is C20H19NO3. The summed E-state index contributed by atoms with van der Waals surface area (Å²) < 4.78 is 7.33. The molecule has 3 rings (SSSR count). The van der Waals surface area contributed by atoms with Crippen LogP contribution in [0.4, 0.5) is 0 Å². The van der Waals surface area contributed by atoms with Crippen molar-refractivity contribution in [3.8, 4) is 11.5 Å². The number of aliphatic hydroxyl groups is 1. The Balaban J connectivity index is 1.65. The van der Waals surface area contributed by atoms with Crippen molar-refractivity contribution >= 4 is 0 Å². The van der Waals surface area contributed by atoms with E-state index >= 15 is 0 Å². The summed E-state index contributed by atoms with van der Waals surface area (Å²) in [4.78, 5) is 12.2. The lowest BCUT2D eigenvalue weighted by atomic mass is 10.1. The summed E-state index contributed by atoms with van der Waals surface area (Å²) in [7, 11) is 0. The molecule has 122 valence electrons. The van der Waals surface area contributed by atoms with Gasteiger partial charge in [-0.3, -0.25) is 4.79 Å². The van der Waals surface area contributed by atoms with Crippen LogP contribution >= 0.6 is 0 Å². The van der Waals surface area contributed by atoms with Crippen molar-refractivity contribution in [2.24, 2.45) is 0 Å². The smallest absolute Gasteiger partial charge is 0.254 e. The van der Waals surface area contributed by atoms with Crippen LogP contribution in [0.5, 0.6) is 11.5 Å². The van der Waals surface area contributed by atoms with Crippen LogP contribution in [0, 0.1) is 0 Å². The fourth-order valence-electron chi connectivity index (χ4n) is 2.42. The van der Waals surface area contributed by atoms with Gasteiger partial charge in [-0.25, -0.2) is 0 Å². The number of nitrogens with zero attached hydrogens (tertiary/aromatic N) is 1. The largest absolute Gasteiger partial charge is 0.457 e. The van der Waals surface area contributed by atoms with Gasteiger partial charge >= 0.3 is 0 Å². The molecule has 1 heterocycles. The number of hydrogen-bond donors (Lipinski definition) is 1. The van der Waals surface area contributed by atoms with Crippen molar-refractivity contribution < 1.29 is 9.84 Å². The highest BCUT2D eigenvalue weighted by Gasteiger charge is 2.02. The highest BCUT2D eigenvalue weighted by Crippen LogP contribution is 2.18. The standard InChI is InChI=1S/C20H19NO3/c22-15-17-8-6-16(7-9-17)10-12-21-13-11-19(14-20(21)23)24-18-4-2-1-3-5-18/h1-9,11,13-14,22H,10,12,15H2. The van der Waals surface area contributed by atoms with Gasteiger partial charge in [0.2, 0.25) is 0 Å². The van der Waals surface area contributed by atoms with Gasteiger partial charge in [0.05, 0.1) is 6.61 Å². The fraction of sp³-hybridized carbons (Fsp3) is 0.150. The van der Waals surface area contributed by atoms with Crippen LogP contribution in [0.25, 0.3) is 0 Å². The molecule has 0 spiro atoms. The Morgan fingerprint density at radius 2 is 1.58 bits per heavy atom. The van der Waals surface area contributed by atoms with Gasteiger partial charge < -0.3 is 14.4 Å². The van der Waals surface area contributed by atoms with E-state index in [9.17, 15) is 4.79 Å². The monoisotopic (exact) mass is 321 g/mol. The third-order valence-electron chi connectivity index (χ3n) is 3.79. The van der Waals surface area contributed by atoms with Gasteiger partial charge in [0.1, 0.15) is 11.5 Å². The lowest BCUT2D eigenvalue weighted by Crippen LogP contribution is -2.19. The second kappa shape index (κ2) is 7.62. The molecule has 4 nitrogen and oxygen atoms in total. The number of ether oxygens (including phenoxy) is 1. The van der Waals surface area contributed by atoms with Crippen molar-refractivity contribution in [3.05, 3.63) is 94.4 Å². The molecule has 0 saturated carbocycles. The molecule has 1 aromatic heterocycles. The number of benzene rings is 2. The molecule has 4 heteroatoms. The molecule has 1 N–H and O–H groups in total. The number of pyridine rings is 1. The highest BCUT2D eigenvalue weighted by molar-refractivity contribution is 5.29. The molecule has 0 aliphatic heterocycles. The van der Waals surface area contributed by atoms with Crippen LogP contribution in [-0.4, -0.2) is 9.67 Å². The first-order valence-corrected chi connectivity index (χ1v) is 7.87. The van der Waals surface area contributed by atoms with E-state index in [0.717, 1.165) is 17.5 Å². The van der Waals surface area contributed by atoms with Gasteiger partial charge in [0, 0.05) is 18.8 Å². The Labute approximate surface area is 140 Å². The van der Waals surface area contributed by atoms with E-state index in [1.807, 2.05) is 54.6 Å². The maximum Gasteiger partial charge on any atom is 0.254 e. The minimum atomic E-state index is -0.0876. The van der Waals surface area contributed by atoms with Crippen LogP contribution in [0.3, 0.4) is 0 Å². The number of hydrogen-bond acceptors (Lipinski definition) is 3. The van der Waals surface area contributed by atoms with Crippen LogP contribution in [-0.2, 0) is 19.6 Å². The number of aryl methyl sites for hydroxylation is 2. The van der Waals surface area contributed by atoms with Crippen molar-refractivity contribution in [2.45, 2.75) is 19.6 Å². The van der Waals surface area contributed by atoms with Gasteiger partial charge in [-0.1, -0.05) is 42.5 Å². The summed E-state index contributed by atoms with van der Waals surface area (Å²) >= 11 is 0. The molecule has 0 aliphatic rings. The second-order valence-corrected chi connectivity index (χ2v) is 5.53. The summed E-state index contributed by atoms with van der Waals surface area (Å²) in [6, 6.07) is 20.4. The molecule has 0 radical (unpaired) electrons. The number of aromatic nitrogens is 1. The third kappa shape index (κ3) is 4.12. The van der Waals surface area contributed by atoms with Gasteiger partial charge in [-0.15, -0.1) is 0 Å². The molecule has 2 aromatic carbocycles. The van der Waals surface area contributed by atoms with Gasteiger partial charge in [-0.2, -0.15) is 0 Å². The van der Waals surface area contributed by atoms with Crippen molar-refractivity contribution in [1.29, 1.82) is 0 Å². The molecule has 0 unspecified atom stereocenters. The van der Waals surface area contributed by atoms with Crippen LogP contribution in [0.2, 0.25) is 0 Å². The first kappa shape index (κ1) is 16.0. The van der Waals surface area contributed by atoms with E-state index < -0.39 is 0 Å². The zero-order valence-corrected chi connectivity index (χ0v) is 13.3. The number of rotatable bonds is 6. The van der Waals surface area contributed by atoms with E-state index in [0.29, 0.717) is 18.0 Å². The molecule has 0 saturated heterocycles. The molecule has 0 bridgehead atoms. The lowest BCUT2D eigenvalue weighted by Gasteiger charge is -2.09. The quantitative estimate of drug-likeness (QED) is 0.757. The zero-order valence-electron chi connectivity index (χ0n) is 13.3. The Morgan fingerprint density at radius 3 is 2.25 bits per heavy atom. The highest BCUT2D eigenvalue weighted by atomic mass is 16.5. The molecule has 0 aliphatic carbocycles. The van der Waals surface area contributed by atoms with Crippen molar-refractivity contribution in [3.63, 3.8) is 0 Å². The normalized spacial score (nSPS) is 10.5. The van der Waals surface area contributed by atoms with Crippen molar-refractivity contribution in [1.82, 2.24) is 4.57 Å². The third-order valence-corrected chi connectivity index (χ3v) is 3.79. The maximum absolute atomic E-state index is 12.2. The Morgan fingerprint density at radius 1 is 0.875 bits per heavy atom. The van der Waals surface area contributed by atoms with E-state index in [2.05, 4.69) is 0 Å². The average molecular weight is 321 g/mol. The first-order chi connectivity index (χ1) is 11.7. The van der Waals surface area contributed by atoms with E-state index in [4.69, 9.17) is 9.84 Å². The van der Waals surface area contributed by atoms with Crippen molar-refractivity contribution in [2.75, 3.05) is 0 Å². The zero-order chi connectivity index (χ0) is 16.8. The molecule has 0 amide bonds. The van der Waals surface area contributed by atoms with Gasteiger partial charge in [0.25, 0.3) is 5.56 Å². The molecule has 24 heavy (non-hydrogen) atoms. The molecular weight excluding hydrogens is 302 g/mol. The molecule has 0 atom stereocenters. The summed E-state index contributed by atoms with van der Waals surface area (Å²) in [6.07, 6.45) is 2.51. The first-order valence-electron chi connectivity index (χ1n) is 7.87. The minimum absolute atomic E-state index is 0.0443.